The zero-order valence-corrected chi connectivity index (χ0v) is 15.1. The Hall–Kier alpha value is -2.64. The summed E-state index contributed by atoms with van der Waals surface area (Å²) in [6.45, 7) is 5.61. The van der Waals surface area contributed by atoms with Gasteiger partial charge in [-0.15, -0.1) is 0 Å². The van der Waals surface area contributed by atoms with Crippen molar-refractivity contribution in [1.82, 2.24) is 4.98 Å². The van der Waals surface area contributed by atoms with Crippen molar-refractivity contribution in [1.29, 1.82) is 0 Å². The molecule has 2 heterocycles. The van der Waals surface area contributed by atoms with E-state index in [0.717, 1.165) is 0 Å². The summed E-state index contributed by atoms with van der Waals surface area (Å²) in [5.74, 6) is -0.633. The van der Waals surface area contributed by atoms with Crippen LogP contribution in [0.1, 0.15) is 27.2 Å². The minimum absolute atomic E-state index is 0.117. The normalized spacial score (nSPS) is 17.4. The lowest BCUT2D eigenvalue weighted by Gasteiger charge is -2.24. The fraction of sp³-hybridized carbons (Fsp3) is 0.529. The van der Waals surface area contributed by atoms with E-state index >= 15 is 0 Å². The van der Waals surface area contributed by atoms with Crippen LogP contribution in [-0.4, -0.2) is 49.3 Å². The smallest absolute Gasteiger partial charge is 0.415 e. The minimum atomic E-state index is -0.601. The highest BCUT2D eigenvalue weighted by molar-refractivity contribution is 5.99. The fourth-order valence-corrected chi connectivity index (χ4v) is 2.44. The SMILES string of the molecule is COC(=O)C1CC(=O)N(c2ccc(N(C)C(=O)OC(C)(C)C)nc2)C1. The second kappa shape index (κ2) is 7.08. The lowest BCUT2D eigenvalue weighted by atomic mass is 10.1. The molecule has 0 saturated carbocycles. The van der Waals surface area contributed by atoms with E-state index in [1.807, 2.05) is 0 Å². The number of carbonyl (C=O) groups excluding carboxylic acids is 3. The van der Waals surface area contributed by atoms with Crippen LogP contribution in [0.25, 0.3) is 0 Å². The molecule has 8 heteroatoms. The first-order valence-corrected chi connectivity index (χ1v) is 7.93. The van der Waals surface area contributed by atoms with E-state index in [1.54, 1.807) is 40.0 Å². The molecule has 1 atom stereocenters. The van der Waals surface area contributed by atoms with Crippen molar-refractivity contribution in [2.75, 3.05) is 30.5 Å². The number of methoxy groups -OCH3 is 1. The highest BCUT2D eigenvalue weighted by atomic mass is 16.6. The molecule has 0 N–H and O–H groups in total. The molecular formula is C17H23N3O5. The maximum Gasteiger partial charge on any atom is 0.415 e. The first-order chi connectivity index (χ1) is 11.6. The number of nitrogens with zero attached hydrogens (tertiary/aromatic N) is 3. The van der Waals surface area contributed by atoms with Crippen LogP contribution >= 0.6 is 0 Å². The predicted octanol–water partition coefficient (Wildman–Crippen LogP) is 1.98. The molecule has 0 aromatic carbocycles. The quantitative estimate of drug-likeness (QED) is 0.775. The average Bonchev–Trinajstić information content (AvgIpc) is 2.94. The molecule has 1 saturated heterocycles. The molecule has 25 heavy (non-hydrogen) atoms. The van der Waals surface area contributed by atoms with Gasteiger partial charge in [0.2, 0.25) is 5.91 Å². The standard InChI is InChI=1S/C17H23N3O5/c1-17(2,3)25-16(23)19(4)13-7-6-12(9-18-13)20-10-11(8-14(20)21)15(22)24-5/h6-7,9,11H,8,10H2,1-5H3. The predicted molar refractivity (Wildman–Crippen MR) is 91.4 cm³/mol. The number of rotatable bonds is 3. The summed E-state index contributed by atoms with van der Waals surface area (Å²) in [7, 11) is 2.86. The van der Waals surface area contributed by atoms with Gasteiger partial charge in [-0.05, 0) is 32.9 Å². The van der Waals surface area contributed by atoms with E-state index in [0.29, 0.717) is 11.5 Å². The molecule has 0 radical (unpaired) electrons. The van der Waals surface area contributed by atoms with Crippen molar-refractivity contribution in [2.45, 2.75) is 32.8 Å². The van der Waals surface area contributed by atoms with Gasteiger partial charge in [-0.25, -0.2) is 9.78 Å². The zero-order valence-electron chi connectivity index (χ0n) is 15.1. The van der Waals surface area contributed by atoms with Crippen LogP contribution in [0.15, 0.2) is 18.3 Å². The number of anilines is 2. The summed E-state index contributed by atoms with van der Waals surface area (Å²) < 4.78 is 9.98. The largest absolute Gasteiger partial charge is 0.469 e. The Morgan fingerprint density at radius 1 is 1.32 bits per heavy atom. The van der Waals surface area contributed by atoms with Crippen molar-refractivity contribution in [3.63, 3.8) is 0 Å². The van der Waals surface area contributed by atoms with Gasteiger partial charge in [-0.3, -0.25) is 14.5 Å². The van der Waals surface area contributed by atoms with Gasteiger partial charge in [0.1, 0.15) is 11.4 Å². The van der Waals surface area contributed by atoms with E-state index in [1.165, 1.54) is 23.1 Å². The molecule has 1 aliphatic rings. The monoisotopic (exact) mass is 349 g/mol. The second-order valence-electron chi connectivity index (χ2n) is 6.84. The molecule has 0 bridgehead atoms. The Labute approximate surface area is 146 Å². The van der Waals surface area contributed by atoms with Gasteiger partial charge in [-0.2, -0.15) is 0 Å². The van der Waals surface area contributed by atoms with Crippen molar-refractivity contribution in [2.24, 2.45) is 5.92 Å². The summed E-state index contributed by atoms with van der Waals surface area (Å²) in [4.78, 5) is 42.7. The van der Waals surface area contributed by atoms with Crippen LogP contribution in [0.2, 0.25) is 0 Å². The lowest BCUT2D eigenvalue weighted by molar-refractivity contribution is -0.145. The van der Waals surface area contributed by atoms with Gasteiger partial charge in [-0.1, -0.05) is 0 Å². The molecule has 0 aliphatic carbocycles. The van der Waals surface area contributed by atoms with Crippen LogP contribution < -0.4 is 9.80 Å². The molecule has 1 unspecified atom stereocenters. The molecule has 0 spiro atoms. The molecule has 1 aromatic heterocycles. The number of hydrogen-bond acceptors (Lipinski definition) is 6. The van der Waals surface area contributed by atoms with Crippen LogP contribution in [0, 0.1) is 5.92 Å². The average molecular weight is 349 g/mol. The summed E-state index contributed by atoms with van der Waals surface area (Å²) in [6, 6.07) is 3.30. The third kappa shape index (κ3) is 4.46. The fourth-order valence-electron chi connectivity index (χ4n) is 2.44. The van der Waals surface area contributed by atoms with Gasteiger partial charge < -0.3 is 14.4 Å². The van der Waals surface area contributed by atoms with Crippen LogP contribution in [-0.2, 0) is 19.1 Å². The molecule has 136 valence electrons. The Balaban J connectivity index is 2.08. The maximum atomic E-state index is 12.1. The van der Waals surface area contributed by atoms with Crippen LogP contribution in [0.4, 0.5) is 16.3 Å². The molecule has 1 aromatic rings. The van der Waals surface area contributed by atoms with Crippen LogP contribution in [0.3, 0.4) is 0 Å². The highest BCUT2D eigenvalue weighted by Crippen LogP contribution is 2.26. The number of carbonyl (C=O) groups is 3. The third-order valence-corrected chi connectivity index (χ3v) is 3.71. The molecular weight excluding hydrogens is 326 g/mol. The van der Waals surface area contributed by atoms with E-state index in [-0.39, 0.29) is 18.9 Å². The summed E-state index contributed by atoms with van der Waals surface area (Å²) in [5, 5.41) is 0. The Morgan fingerprint density at radius 2 is 2.00 bits per heavy atom. The van der Waals surface area contributed by atoms with Gasteiger partial charge >= 0.3 is 12.1 Å². The second-order valence-corrected chi connectivity index (χ2v) is 6.84. The van der Waals surface area contributed by atoms with Gasteiger partial charge in [0.15, 0.2) is 0 Å². The van der Waals surface area contributed by atoms with Crippen molar-refractivity contribution >= 4 is 29.5 Å². The van der Waals surface area contributed by atoms with E-state index < -0.39 is 23.6 Å². The number of ether oxygens (including phenoxy) is 2. The molecule has 2 amide bonds. The van der Waals surface area contributed by atoms with E-state index in [4.69, 9.17) is 9.47 Å². The molecule has 1 aliphatic heterocycles. The molecule has 1 fully saturated rings. The number of esters is 1. The maximum absolute atomic E-state index is 12.1. The molecule has 2 rings (SSSR count). The van der Waals surface area contributed by atoms with E-state index in [9.17, 15) is 14.4 Å². The van der Waals surface area contributed by atoms with Crippen LogP contribution in [0.5, 0.6) is 0 Å². The van der Waals surface area contributed by atoms with Gasteiger partial charge in [0.05, 0.1) is 24.9 Å². The van der Waals surface area contributed by atoms with E-state index in [2.05, 4.69) is 4.98 Å². The van der Waals surface area contributed by atoms with Crippen molar-refractivity contribution < 1.29 is 23.9 Å². The minimum Gasteiger partial charge on any atom is -0.469 e. The summed E-state index contributed by atoms with van der Waals surface area (Å²) >= 11 is 0. The topological polar surface area (TPSA) is 89.0 Å². The first-order valence-electron chi connectivity index (χ1n) is 7.93. The van der Waals surface area contributed by atoms with Crippen molar-refractivity contribution in [3.05, 3.63) is 18.3 Å². The number of aromatic nitrogens is 1. The van der Waals surface area contributed by atoms with Gasteiger partial charge in [0.25, 0.3) is 0 Å². The zero-order chi connectivity index (χ0) is 18.8. The Kier molecular flexibility index (Phi) is 5.30. The Bertz CT molecular complexity index is 666. The van der Waals surface area contributed by atoms with Gasteiger partial charge in [0, 0.05) is 20.0 Å². The lowest BCUT2D eigenvalue weighted by Crippen LogP contribution is -2.34. The number of pyridine rings is 1. The summed E-state index contributed by atoms with van der Waals surface area (Å²) in [5.41, 5.74) is -0.0337. The summed E-state index contributed by atoms with van der Waals surface area (Å²) in [6.07, 6.45) is 1.09. The Morgan fingerprint density at radius 3 is 2.52 bits per heavy atom. The number of amides is 2. The van der Waals surface area contributed by atoms with Crippen molar-refractivity contribution in [3.8, 4) is 0 Å². The number of hydrogen-bond donors (Lipinski definition) is 0. The first kappa shape index (κ1) is 18.7. The molecule has 8 nitrogen and oxygen atoms in total. The highest BCUT2D eigenvalue weighted by Gasteiger charge is 2.36. The third-order valence-electron chi connectivity index (χ3n) is 3.71.